The predicted octanol–water partition coefficient (Wildman–Crippen LogP) is 3.50. The average Bonchev–Trinajstić information content (AvgIpc) is 2.62. The van der Waals surface area contributed by atoms with Crippen molar-refractivity contribution in [2.45, 2.75) is 5.92 Å². The molecule has 6 heteroatoms. The standard InChI is InChI=1S/C18H13ClN4S/c19-15-4-2-1-3-12(15)16-14-8-24-6-5-11(14)13(7-20)17(23)18(16,9-21)10-22/h1-5,14,16H,6,8,23H2. The molecule has 0 fully saturated rings. The van der Waals surface area contributed by atoms with Crippen LogP contribution in [0.3, 0.4) is 0 Å². The zero-order valence-electron chi connectivity index (χ0n) is 12.7. The van der Waals surface area contributed by atoms with Crippen LogP contribution in [0.5, 0.6) is 0 Å². The summed E-state index contributed by atoms with van der Waals surface area (Å²) in [5, 5.41) is 29.8. The second-order valence-electron chi connectivity index (χ2n) is 5.73. The molecule has 0 radical (unpaired) electrons. The van der Waals surface area contributed by atoms with Crippen molar-refractivity contribution in [1.82, 2.24) is 0 Å². The Morgan fingerprint density at radius 2 is 1.92 bits per heavy atom. The molecule has 3 rings (SSSR count). The largest absolute Gasteiger partial charge is 0.399 e. The van der Waals surface area contributed by atoms with Crippen LogP contribution in [-0.2, 0) is 0 Å². The van der Waals surface area contributed by atoms with Gasteiger partial charge in [-0.2, -0.15) is 27.5 Å². The molecule has 1 heterocycles. The molecule has 0 spiro atoms. The number of benzene rings is 1. The molecule has 0 saturated carbocycles. The molecule has 2 unspecified atom stereocenters. The maximum atomic E-state index is 9.87. The van der Waals surface area contributed by atoms with Crippen molar-refractivity contribution < 1.29 is 0 Å². The molecular formula is C18H13ClN4S. The summed E-state index contributed by atoms with van der Waals surface area (Å²) < 4.78 is 0. The molecule has 24 heavy (non-hydrogen) atoms. The van der Waals surface area contributed by atoms with Crippen molar-refractivity contribution in [3.63, 3.8) is 0 Å². The molecular weight excluding hydrogens is 340 g/mol. The quantitative estimate of drug-likeness (QED) is 0.834. The number of fused-ring (bicyclic) bond motifs is 1. The number of rotatable bonds is 1. The first-order valence-corrected chi connectivity index (χ1v) is 8.89. The highest BCUT2D eigenvalue weighted by Crippen LogP contribution is 2.55. The van der Waals surface area contributed by atoms with Gasteiger partial charge >= 0.3 is 0 Å². The zero-order chi connectivity index (χ0) is 17.3. The molecule has 0 bridgehead atoms. The summed E-state index contributed by atoms with van der Waals surface area (Å²) in [5.74, 6) is 0.846. The smallest absolute Gasteiger partial charge is 0.191 e. The van der Waals surface area contributed by atoms with Crippen LogP contribution in [0.1, 0.15) is 11.5 Å². The molecule has 2 atom stereocenters. The molecule has 0 amide bonds. The van der Waals surface area contributed by atoms with Crippen LogP contribution in [0, 0.1) is 45.3 Å². The number of hydrogen-bond donors (Lipinski definition) is 1. The van der Waals surface area contributed by atoms with E-state index >= 15 is 0 Å². The Morgan fingerprint density at radius 1 is 1.21 bits per heavy atom. The van der Waals surface area contributed by atoms with E-state index in [1.165, 1.54) is 0 Å². The van der Waals surface area contributed by atoms with Gasteiger partial charge in [-0.15, -0.1) is 0 Å². The van der Waals surface area contributed by atoms with E-state index in [4.69, 9.17) is 17.3 Å². The number of nitrogens with zero attached hydrogens (tertiary/aromatic N) is 3. The molecule has 2 N–H and O–H groups in total. The Labute approximate surface area is 149 Å². The number of nitrogens with two attached hydrogens (primary N) is 1. The van der Waals surface area contributed by atoms with E-state index in [-0.39, 0.29) is 17.2 Å². The second-order valence-corrected chi connectivity index (χ2v) is 7.22. The van der Waals surface area contributed by atoms with Crippen LogP contribution in [-0.4, -0.2) is 11.5 Å². The van der Waals surface area contributed by atoms with Crippen LogP contribution in [0.4, 0.5) is 0 Å². The topological polar surface area (TPSA) is 97.4 Å². The number of nitriles is 3. The summed E-state index contributed by atoms with van der Waals surface area (Å²) in [6.45, 7) is 0. The summed E-state index contributed by atoms with van der Waals surface area (Å²) >= 11 is 8.09. The van der Waals surface area contributed by atoms with E-state index in [1.807, 2.05) is 18.2 Å². The fourth-order valence-electron chi connectivity index (χ4n) is 3.56. The Balaban J connectivity index is 2.37. The lowest BCUT2D eigenvalue weighted by molar-refractivity contribution is 0.368. The monoisotopic (exact) mass is 352 g/mol. The van der Waals surface area contributed by atoms with Gasteiger partial charge in [-0.1, -0.05) is 35.9 Å². The third-order valence-electron chi connectivity index (χ3n) is 4.67. The minimum atomic E-state index is -1.60. The van der Waals surface area contributed by atoms with Gasteiger partial charge in [0.2, 0.25) is 0 Å². The Hall–Kier alpha value is -2.39. The molecule has 4 nitrogen and oxygen atoms in total. The van der Waals surface area contributed by atoms with Crippen LogP contribution in [0.15, 0.2) is 47.2 Å². The van der Waals surface area contributed by atoms with Gasteiger partial charge in [-0.3, -0.25) is 0 Å². The lowest BCUT2D eigenvalue weighted by Gasteiger charge is -2.43. The van der Waals surface area contributed by atoms with Gasteiger partial charge in [0.15, 0.2) is 5.41 Å². The number of thioether (sulfide) groups is 1. The highest BCUT2D eigenvalue weighted by atomic mass is 35.5. The van der Waals surface area contributed by atoms with Crippen molar-refractivity contribution in [2.24, 2.45) is 17.1 Å². The summed E-state index contributed by atoms with van der Waals surface area (Å²) in [6.07, 6.45) is 1.98. The van der Waals surface area contributed by atoms with Crippen LogP contribution in [0.25, 0.3) is 0 Å². The van der Waals surface area contributed by atoms with Crippen molar-refractivity contribution in [3.05, 3.63) is 57.8 Å². The first kappa shape index (κ1) is 16.5. The third kappa shape index (κ3) is 2.20. The normalized spacial score (nSPS) is 24.8. The fraction of sp³-hybridized carbons (Fsp3) is 0.278. The Bertz CT molecular complexity index is 868. The van der Waals surface area contributed by atoms with Crippen molar-refractivity contribution in [1.29, 1.82) is 15.8 Å². The first-order valence-electron chi connectivity index (χ1n) is 7.36. The fourth-order valence-corrected chi connectivity index (χ4v) is 4.87. The SMILES string of the molecule is N#CC1=C(N)C(C#N)(C#N)C(c2ccccc2Cl)C2CSCC=C12. The summed E-state index contributed by atoms with van der Waals surface area (Å²) in [6, 6.07) is 13.5. The molecule has 1 aliphatic heterocycles. The van der Waals surface area contributed by atoms with Gasteiger partial charge in [-0.05, 0) is 17.2 Å². The number of allylic oxidation sites excluding steroid dienone is 3. The van der Waals surface area contributed by atoms with Gasteiger partial charge in [0.1, 0.15) is 6.07 Å². The minimum Gasteiger partial charge on any atom is -0.399 e. The molecule has 2 aliphatic rings. The highest BCUT2D eigenvalue weighted by Gasteiger charge is 2.54. The van der Waals surface area contributed by atoms with E-state index in [2.05, 4.69) is 18.2 Å². The zero-order valence-corrected chi connectivity index (χ0v) is 14.2. The Morgan fingerprint density at radius 3 is 2.54 bits per heavy atom. The van der Waals surface area contributed by atoms with Gasteiger partial charge < -0.3 is 5.73 Å². The van der Waals surface area contributed by atoms with Gasteiger partial charge in [0.25, 0.3) is 0 Å². The second kappa shape index (κ2) is 6.25. The third-order valence-corrected chi connectivity index (χ3v) is 6.02. The van der Waals surface area contributed by atoms with Crippen LogP contribution in [0.2, 0.25) is 5.02 Å². The van der Waals surface area contributed by atoms with Crippen molar-refractivity contribution >= 4 is 23.4 Å². The van der Waals surface area contributed by atoms with E-state index in [0.29, 0.717) is 10.8 Å². The van der Waals surface area contributed by atoms with E-state index in [1.54, 1.807) is 23.9 Å². The summed E-state index contributed by atoms with van der Waals surface area (Å²) in [5.41, 5.74) is 6.46. The summed E-state index contributed by atoms with van der Waals surface area (Å²) in [4.78, 5) is 0. The highest BCUT2D eigenvalue weighted by molar-refractivity contribution is 7.99. The molecule has 0 saturated heterocycles. The molecule has 0 aromatic heterocycles. The predicted molar refractivity (Wildman–Crippen MR) is 93.6 cm³/mol. The molecule has 1 aromatic rings. The van der Waals surface area contributed by atoms with Gasteiger partial charge in [0.05, 0.1) is 23.4 Å². The van der Waals surface area contributed by atoms with Gasteiger partial charge in [-0.25, -0.2) is 0 Å². The lowest BCUT2D eigenvalue weighted by atomic mass is 9.59. The van der Waals surface area contributed by atoms with E-state index in [0.717, 1.165) is 16.9 Å². The van der Waals surface area contributed by atoms with E-state index in [9.17, 15) is 15.8 Å². The van der Waals surface area contributed by atoms with Gasteiger partial charge in [0, 0.05) is 28.4 Å². The average molecular weight is 353 g/mol. The summed E-state index contributed by atoms with van der Waals surface area (Å²) in [7, 11) is 0. The molecule has 1 aliphatic carbocycles. The van der Waals surface area contributed by atoms with Crippen LogP contribution >= 0.6 is 23.4 Å². The van der Waals surface area contributed by atoms with Crippen molar-refractivity contribution in [2.75, 3.05) is 11.5 Å². The van der Waals surface area contributed by atoms with E-state index < -0.39 is 11.3 Å². The lowest BCUT2D eigenvalue weighted by Crippen LogP contribution is -2.43. The Kier molecular flexibility index (Phi) is 4.29. The first-order chi connectivity index (χ1) is 11.6. The van der Waals surface area contributed by atoms with Crippen molar-refractivity contribution in [3.8, 4) is 18.2 Å². The molecule has 1 aromatic carbocycles. The number of halogens is 1. The van der Waals surface area contributed by atoms with Crippen LogP contribution < -0.4 is 5.73 Å². The maximum Gasteiger partial charge on any atom is 0.191 e. The minimum absolute atomic E-state index is 0.0364. The molecule has 118 valence electrons. The number of hydrogen-bond acceptors (Lipinski definition) is 5. The maximum absolute atomic E-state index is 9.87.